The van der Waals surface area contributed by atoms with Gasteiger partial charge in [-0.15, -0.1) is 0 Å². The maximum atomic E-state index is 11.3. The summed E-state index contributed by atoms with van der Waals surface area (Å²) in [5.74, 6) is 5.95. The Morgan fingerprint density at radius 3 is 2.61 bits per heavy atom. The number of hydrogen-bond acceptors (Lipinski definition) is 3. The molecule has 0 saturated carbocycles. The fourth-order valence-corrected chi connectivity index (χ4v) is 1.44. The maximum absolute atomic E-state index is 11.3. The number of esters is 1. The minimum Gasteiger partial charge on any atom is -0.465 e. The summed E-state index contributed by atoms with van der Waals surface area (Å²) in [5.41, 5.74) is 0.990. The molecule has 1 rings (SSSR count). The molecule has 3 nitrogen and oxygen atoms in total. The molecule has 0 heterocycles. The lowest BCUT2D eigenvalue weighted by Gasteiger charge is -2.15. The van der Waals surface area contributed by atoms with Crippen molar-refractivity contribution in [1.29, 1.82) is 0 Å². The molecule has 0 fully saturated rings. The molecule has 18 heavy (non-hydrogen) atoms. The van der Waals surface area contributed by atoms with Gasteiger partial charge in [0.2, 0.25) is 0 Å². The summed E-state index contributed by atoms with van der Waals surface area (Å²) in [4.78, 5) is 13.3. The molecule has 0 saturated heterocycles. The molecular weight excluding hydrogens is 226 g/mol. The average Bonchev–Trinajstić information content (AvgIpc) is 2.39. The van der Waals surface area contributed by atoms with Gasteiger partial charge in [-0.1, -0.05) is 37.0 Å². The summed E-state index contributed by atoms with van der Waals surface area (Å²) in [6.45, 7) is 5.89. The first-order valence-corrected chi connectivity index (χ1v) is 6.18. The number of nitrogens with zero attached hydrogens (tertiary/aromatic N) is 1. The molecule has 0 N–H and O–H groups in total. The molecule has 0 aliphatic heterocycles. The fraction of sp³-hybridized carbons (Fsp3) is 0.400. The Hall–Kier alpha value is -1.79. The van der Waals surface area contributed by atoms with Crippen molar-refractivity contribution in [3.05, 3.63) is 35.9 Å². The Labute approximate surface area is 109 Å². The van der Waals surface area contributed by atoms with Crippen molar-refractivity contribution in [2.75, 3.05) is 26.2 Å². The number of hydrogen-bond donors (Lipinski definition) is 0. The third kappa shape index (κ3) is 5.51. The average molecular weight is 245 g/mol. The Morgan fingerprint density at radius 2 is 2.00 bits per heavy atom. The van der Waals surface area contributed by atoms with Crippen LogP contribution in [0.5, 0.6) is 0 Å². The molecule has 0 atom stereocenters. The van der Waals surface area contributed by atoms with Crippen LogP contribution in [0.15, 0.2) is 30.3 Å². The highest BCUT2D eigenvalue weighted by Gasteiger charge is 2.07. The van der Waals surface area contributed by atoms with Gasteiger partial charge in [-0.25, -0.2) is 0 Å². The zero-order valence-corrected chi connectivity index (χ0v) is 11.0. The van der Waals surface area contributed by atoms with Gasteiger partial charge in [0.05, 0.1) is 19.7 Å². The summed E-state index contributed by atoms with van der Waals surface area (Å²) < 4.78 is 4.91. The molecular formula is C15H19NO2. The van der Waals surface area contributed by atoms with E-state index in [1.807, 2.05) is 49.1 Å². The molecule has 1 aromatic carbocycles. The van der Waals surface area contributed by atoms with Gasteiger partial charge in [0.1, 0.15) is 0 Å². The first-order valence-electron chi connectivity index (χ1n) is 6.18. The standard InChI is InChI=1S/C15H19NO2/c1-3-16(13-15(17)18-4-2)12-8-11-14-9-6-5-7-10-14/h5-7,9-10H,3-4,12-13H2,1-2H3. The molecule has 0 spiro atoms. The van der Waals surface area contributed by atoms with E-state index in [0.29, 0.717) is 19.7 Å². The van der Waals surface area contributed by atoms with E-state index in [0.717, 1.165) is 12.1 Å². The highest BCUT2D eigenvalue weighted by atomic mass is 16.5. The van der Waals surface area contributed by atoms with Gasteiger partial charge in [0.25, 0.3) is 0 Å². The van der Waals surface area contributed by atoms with E-state index in [2.05, 4.69) is 11.8 Å². The number of ether oxygens (including phenoxy) is 1. The predicted octanol–water partition coefficient (Wildman–Crippen LogP) is 1.92. The molecule has 0 aliphatic rings. The van der Waals surface area contributed by atoms with E-state index in [9.17, 15) is 4.79 Å². The van der Waals surface area contributed by atoms with E-state index in [4.69, 9.17) is 4.74 Å². The largest absolute Gasteiger partial charge is 0.465 e. The van der Waals surface area contributed by atoms with E-state index < -0.39 is 0 Å². The third-order valence-corrected chi connectivity index (χ3v) is 2.41. The number of rotatable bonds is 5. The predicted molar refractivity (Wildman–Crippen MR) is 72.1 cm³/mol. The molecule has 1 aromatic rings. The zero-order valence-electron chi connectivity index (χ0n) is 11.0. The Kier molecular flexibility index (Phi) is 6.60. The molecule has 0 radical (unpaired) electrons. The van der Waals surface area contributed by atoms with Gasteiger partial charge in [0.15, 0.2) is 0 Å². The van der Waals surface area contributed by atoms with Crippen molar-refractivity contribution in [2.45, 2.75) is 13.8 Å². The van der Waals surface area contributed by atoms with Crippen LogP contribution in [-0.4, -0.2) is 37.1 Å². The van der Waals surface area contributed by atoms with Gasteiger partial charge in [-0.3, -0.25) is 9.69 Å². The molecule has 0 bridgehead atoms. The molecule has 0 aliphatic carbocycles. The quantitative estimate of drug-likeness (QED) is 0.586. The van der Waals surface area contributed by atoms with Crippen molar-refractivity contribution >= 4 is 5.97 Å². The zero-order chi connectivity index (χ0) is 13.2. The minimum absolute atomic E-state index is 0.194. The fourth-order valence-electron chi connectivity index (χ4n) is 1.44. The minimum atomic E-state index is -0.194. The van der Waals surface area contributed by atoms with Crippen LogP contribution in [0.3, 0.4) is 0 Å². The number of carbonyl (C=O) groups is 1. The summed E-state index contributed by atoms with van der Waals surface area (Å²) in [7, 11) is 0. The summed E-state index contributed by atoms with van der Waals surface area (Å²) in [6.07, 6.45) is 0. The van der Waals surface area contributed by atoms with Gasteiger partial charge < -0.3 is 4.74 Å². The monoisotopic (exact) mass is 245 g/mol. The highest BCUT2D eigenvalue weighted by molar-refractivity contribution is 5.71. The molecule has 3 heteroatoms. The van der Waals surface area contributed by atoms with Gasteiger partial charge in [-0.05, 0) is 25.6 Å². The van der Waals surface area contributed by atoms with E-state index >= 15 is 0 Å². The first-order chi connectivity index (χ1) is 8.76. The maximum Gasteiger partial charge on any atom is 0.320 e. The Balaban J connectivity index is 2.45. The van der Waals surface area contributed by atoms with Crippen molar-refractivity contribution in [2.24, 2.45) is 0 Å². The van der Waals surface area contributed by atoms with E-state index in [-0.39, 0.29) is 5.97 Å². The van der Waals surface area contributed by atoms with Crippen LogP contribution in [0.1, 0.15) is 19.4 Å². The van der Waals surface area contributed by atoms with Gasteiger partial charge in [0, 0.05) is 5.56 Å². The second-order valence-corrected chi connectivity index (χ2v) is 3.78. The van der Waals surface area contributed by atoms with Crippen molar-refractivity contribution in [3.8, 4) is 11.8 Å². The molecule has 0 unspecified atom stereocenters. The van der Waals surface area contributed by atoms with Crippen LogP contribution in [0.25, 0.3) is 0 Å². The lowest BCUT2D eigenvalue weighted by atomic mass is 10.2. The number of carbonyl (C=O) groups excluding carboxylic acids is 1. The molecule has 0 amide bonds. The van der Waals surface area contributed by atoms with Crippen LogP contribution in [-0.2, 0) is 9.53 Å². The van der Waals surface area contributed by atoms with Crippen LogP contribution in [0.2, 0.25) is 0 Å². The van der Waals surface area contributed by atoms with Crippen LogP contribution in [0.4, 0.5) is 0 Å². The Morgan fingerprint density at radius 1 is 1.28 bits per heavy atom. The summed E-state index contributed by atoms with van der Waals surface area (Å²) >= 11 is 0. The molecule has 0 aromatic heterocycles. The normalized spacial score (nSPS) is 9.72. The van der Waals surface area contributed by atoms with Crippen molar-refractivity contribution in [1.82, 2.24) is 4.90 Å². The topological polar surface area (TPSA) is 29.5 Å². The van der Waals surface area contributed by atoms with Crippen molar-refractivity contribution < 1.29 is 9.53 Å². The first kappa shape index (κ1) is 14.3. The van der Waals surface area contributed by atoms with Gasteiger partial charge in [-0.2, -0.15) is 0 Å². The smallest absolute Gasteiger partial charge is 0.320 e. The highest BCUT2D eigenvalue weighted by Crippen LogP contribution is 1.95. The van der Waals surface area contributed by atoms with E-state index in [1.54, 1.807) is 0 Å². The van der Waals surface area contributed by atoms with Gasteiger partial charge >= 0.3 is 5.97 Å². The Bertz CT molecular complexity index is 417. The molecule has 96 valence electrons. The second kappa shape index (κ2) is 8.32. The second-order valence-electron chi connectivity index (χ2n) is 3.78. The SMILES string of the molecule is CCOC(=O)CN(CC)CC#Cc1ccccc1. The lowest BCUT2D eigenvalue weighted by Crippen LogP contribution is -2.31. The third-order valence-electron chi connectivity index (χ3n) is 2.41. The van der Waals surface area contributed by atoms with Crippen LogP contribution in [0, 0.1) is 11.8 Å². The summed E-state index contributed by atoms with van der Waals surface area (Å²) in [6, 6.07) is 9.81. The van der Waals surface area contributed by atoms with Crippen molar-refractivity contribution in [3.63, 3.8) is 0 Å². The lowest BCUT2D eigenvalue weighted by molar-refractivity contribution is -0.144. The van der Waals surface area contributed by atoms with Crippen LogP contribution >= 0.6 is 0 Å². The number of benzene rings is 1. The van der Waals surface area contributed by atoms with E-state index in [1.165, 1.54) is 0 Å². The summed E-state index contributed by atoms with van der Waals surface area (Å²) in [5, 5.41) is 0. The van der Waals surface area contributed by atoms with Crippen LogP contribution < -0.4 is 0 Å². The number of likely N-dealkylation sites (N-methyl/N-ethyl adjacent to an activating group) is 1.